The van der Waals surface area contributed by atoms with Gasteiger partial charge in [0.1, 0.15) is 11.5 Å². The molecule has 1 amide bonds. The Bertz CT molecular complexity index is 987. The third kappa shape index (κ3) is 4.36. The van der Waals surface area contributed by atoms with Gasteiger partial charge in [0, 0.05) is 32.1 Å². The minimum Gasteiger partial charge on any atom is -0.337 e. The number of aryl methyl sites for hydroxylation is 3. The zero-order chi connectivity index (χ0) is 20.4. The second-order valence-corrected chi connectivity index (χ2v) is 7.59. The van der Waals surface area contributed by atoms with Crippen molar-refractivity contribution < 1.29 is 13.7 Å². The Morgan fingerprint density at radius 2 is 1.97 bits per heavy atom. The molecule has 1 saturated heterocycles. The lowest BCUT2D eigenvalue weighted by atomic mass is 9.92. The number of carbonyl (C=O) groups is 1. The molecule has 2 aromatic heterocycles. The van der Waals surface area contributed by atoms with Gasteiger partial charge >= 0.3 is 0 Å². The topological polar surface area (TPSA) is 77.0 Å². The van der Waals surface area contributed by atoms with Crippen LogP contribution in [0.5, 0.6) is 0 Å². The van der Waals surface area contributed by atoms with Gasteiger partial charge in [0.2, 0.25) is 0 Å². The number of amides is 1. The number of benzene rings is 1. The number of aromatic nitrogens is 4. The number of piperidine rings is 1. The highest BCUT2D eigenvalue weighted by Gasteiger charge is 2.25. The first kappa shape index (κ1) is 19.3. The van der Waals surface area contributed by atoms with Crippen LogP contribution in [0.2, 0.25) is 0 Å². The first-order valence-electron chi connectivity index (χ1n) is 9.88. The van der Waals surface area contributed by atoms with Crippen molar-refractivity contribution in [1.29, 1.82) is 0 Å². The molecule has 1 aromatic carbocycles. The van der Waals surface area contributed by atoms with Crippen LogP contribution in [0.3, 0.4) is 0 Å². The Labute approximate surface area is 168 Å². The third-order valence-electron chi connectivity index (χ3n) is 5.46. The lowest BCUT2D eigenvalue weighted by Crippen LogP contribution is -2.39. The van der Waals surface area contributed by atoms with Gasteiger partial charge in [0.15, 0.2) is 5.82 Å². The van der Waals surface area contributed by atoms with E-state index in [-0.39, 0.29) is 11.7 Å². The van der Waals surface area contributed by atoms with Gasteiger partial charge in [-0.1, -0.05) is 5.16 Å². The molecule has 0 bridgehead atoms. The van der Waals surface area contributed by atoms with Crippen LogP contribution in [0.4, 0.5) is 4.39 Å². The van der Waals surface area contributed by atoms with Gasteiger partial charge in [0.25, 0.3) is 11.8 Å². The fraction of sp³-hybridized carbons (Fsp3) is 0.429. The number of hydrogen-bond acceptors (Lipinski definition) is 5. The van der Waals surface area contributed by atoms with Crippen molar-refractivity contribution in [2.45, 2.75) is 32.6 Å². The molecular formula is C21H24FN5O2. The lowest BCUT2D eigenvalue weighted by molar-refractivity contribution is 0.0675. The van der Waals surface area contributed by atoms with Crippen LogP contribution in [-0.4, -0.2) is 43.8 Å². The van der Waals surface area contributed by atoms with Crippen molar-refractivity contribution in [3.05, 3.63) is 53.4 Å². The SMILES string of the molecule is Cc1cc(C(=O)N2CCC(CCc3noc(-c4ccc(F)cc4)n3)CC2)n(C)n1. The molecule has 152 valence electrons. The molecule has 3 heterocycles. The first-order valence-corrected chi connectivity index (χ1v) is 9.88. The number of hydrogen-bond donors (Lipinski definition) is 0. The van der Waals surface area contributed by atoms with E-state index in [0.29, 0.717) is 28.9 Å². The number of halogens is 1. The summed E-state index contributed by atoms with van der Waals surface area (Å²) >= 11 is 0. The molecule has 0 saturated carbocycles. The molecule has 1 fully saturated rings. The highest BCUT2D eigenvalue weighted by Crippen LogP contribution is 2.24. The molecule has 0 aliphatic carbocycles. The van der Waals surface area contributed by atoms with E-state index in [1.807, 2.05) is 17.9 Å². The molecule has 0 spiro atoms. The highest BCUT2D eigenvalue weighted by molar-refractivity contribution is 5.92. The standard InChI is InChI=1S/C21H24FN5O2/c1-14-13-18(26(2)24-14)21(28)27-11-9-15(10-12-27)3-8-19-23-20(29-25-19)16-4-6-17(22)7-5-16/h4-7,13,15H,3,8-12H2,1-2H3. The Hall–Kier alpha value is -3.03. The summed E-state index contributed by atoms with van der Waals surface area (Å²) in [6.45, 7) is 3.39. The summed E-state index contributed by atoms with van der Waals surface area (Å²) in [5.41, 5.74) is 2.20. The summed E-state index contributed by atoms with van der Waals surface area (Å²) < 4.78 is 20.0. The zero-order valence-electron chi connectivity index (χ0n) is 16.6. The predicted molar refractivity (Wildman–Crippen MR) is 105 cm³/mol. The Balaban J connectivity index is 1.28. The fourth-order valence-electron chi connectivity index (χ4n) is 3.80. The Morgan fingerprint density at radius 3 is 2.62 bits per heavy atom. The maximum absolute atomic E-state index is 13.0. The molecule has 0 unspecified atom stereocenters. The van der Waals surface area contributed by atoms with Gasteiger partial charge in [-0.15, -0.1) is 0 Å². The van der Waals surface area contributed by atoms with Crippen molar-refractivity contribution in [2.75, 3.05) is 13.1 Å². The van der Waals surface area contributed by atoms with E-state index in [2.05, 4.69) is 15.2 Å². The maximum Gasteiger partial charge on any atom is 0.272 e. The monoisotopic (exact) mass is 397 g/mol. The van der Waals surface area contributed by atoms with Gasteiger partial charge < -0.3 is 9.42 Å². The van der Waals surface area contributed by atoms with E-state index in [0.717, 1.165) is 44.5 Å². The van der Waals surface area contributed by atoms with Crippen LogP contribution in [0.25, 0.3) is 11.5 Å². The average Bonchev–Trinajstić information content (AvgIpc) is 3.33. The molecule has 29 heavy (non-hydrogen) atoms. The summed E-state index contributed by atoms with van der Waals surface area (Å²) in [6.07, 6.45) is 3.61. The van der Waals surface area contributed by atoms with Crippen molar-refractivity contribution >= 4 is 5.91 Å². The van der Waals surface area contributed by atoms with Gasteiger partial charge in [-0.2, -0.15) is 10.1 Å². The number of carbonyl (C=O) groups excluding carboxylic acids is 1. The number of likely N-dealkylation sites (tertiary alicyclic amines) is 1. The molecule has 0 radical (unpaired) electrons. The van der Waals surface area contributed by atoms with E-state index in [4.69, 9.17) is 4.52 Å². The molecule has 4 rings (SSSR count). The van der Waals surface area contributed by atoms with Crippen LogP contribution < -0.4 is 0 Å². The molecule has 8 heteroatoms. The average molecular weight is 397 g/mol. The number of nitrogens with zero attached hydrogens (tertiary/aromatic N) is 5. The summed E-state index contributed by atoms with van der Waals surface area (Å²) in [5.74, 6) is 1.35. The van der Waals surface area contributed by atoms with E-state index >= 15 is 0 Å². The molecule has 1 aliphatic rings. The van der Waals surface area contributed by atoms with Gasteiger partial charge in [-0.3, -0.25) is 9.48 Å². The second-order valence-electron chi connectivity index (χ2n) is 7.59. The Kier molecular flexibility index (Phi) is 5.42. The summed E-state index contributed by atoms with van der Waals surface area (Å²) in [4.78, 5) is 19.0. The van der Waals surface area contributed by atoms with Crippen molar-refractivity contribution in [3.8, 4) is 11.5 Å². The molecule has 3 aromatic rings. The third-order valence-corrected chi connectivity index (χ3v) is 5.46. The van der Waals surface area contributed by atoms with Crippen LogP contribution in [0.1, 0.15) is 41.3 Å². The smallest absolute Gasteiger partial charge is 0.272 e. The first-order chi connectivity index (χ1) is 14.0. The minimum atomic E-state index is -0.295. The highest BCUT2D eigenvalue weighted by atomic mass is 19.1. The van der Waals surface area contributed by atoms with E-state index in [1.165, 1.54) is 12.1 Å². The second kappa shape index (κ2) is 8.14. The van der Waals surface area contributed by atoms with Crippen LogP contribution >= 0.6 is 0 Å². The molecular weight excluding hydrogens is 373 g/mol. The summed E-state index contributed by atoms with van der Waals surface area (Å²) in [7, 11) is 1.80. The predicted octanol–water partition coefficient (Wildman–Crippen LogP) is 3.40. The van der Waals surface area contributed by atoms with E-state index < -0.39 is 0 Å². The quantitative estimate of drug-likeness (QED) is 0.659. The van der Waals surface area contributed by atoms with Gasteiger partial charge in [-0.05, 0) is 62.4 Å². The maximum atomic E-state index is 13.0. The molecule has 7 nitrogen and oxygen atoms in total. The van der Waals surface area contributed by atoms with Crippen molar-refractivity contribution in [1.82, 2.24) is 24.8 Å². The van der Waals surface area contributed by atoms with Crippen LogP contribution in [0, 0.1) is 18.7 Å². The normalized spacial score (nSPS) is 15.1. The van der Waals surface area contributed by atoms with E-state index in [1.54, 1.807) is 23.9 Å². The van der Waals surface area contributed by atoms with Crippen LogP contribution in [-0.2, 0) is 13.5 Å². The molecule has 1 aliphatic heterocycles. The van der Waals surface area contributed by atoms with Gasteiger partial charge in [-0.25, -0.2) is 4.39 Å². The van der Waals surface area contributed by atoms with Crippen molar-refractivity contribution in [2.24, 2.45) is 13.0 Å². The largest absolute Gasteiger partial charge is 0.337 e. The summed E-state index contributed by atoms with van der Waals surface area (Å²) in [5, 5.41) is 8.30. The zero-order valence-corrected chi connectivity index (χ0v) is 16.6. The Morgan fingerprint density at radius 1 is 1.24 bits per heavy atom. The summed E-state index contributed by atoms with van der Waals surface area (Å²) in [6, 6.07) is 7.85. The fourth-order valence-corrected chi connectivity index (χ4v) is 3.80. The molecule has 0 atom stereocenters. The van der Waals surface area contributed by atoms with Crippen LogP contribution in [0.15, 0.2) is 34.9 Å². The molecule has 0 N–H and O–H groups in total. The lowest BCUT2D eigenvalue weighted by Gasteiger charge is -2.31. The van der Waals surface area contributed by atoms with Crippen molar-refractivity contribution in [3.63, 3.8) is 0 Å². The van der Waals surface area contributed by atoms with E-state index in [9.17, 15) is 9.18 Å². The number of rotatable bonds is 5. The minimum absolute atomic E-state index is 0.0497. The van der Waals surface area contributed by atoms with Gasteiger partial charge in [0.05, 0.1) is 5.69 Å².